The van der Waals surface area contributed by atoms with Crippen molar-refractivity contribution in [3.63, 3.8) is 0 Å². The number of piperazine rings is 1. The van der Waals surface area contributed by atoms with E-state index in [1.165, 1.54) is 0 Å². The normalized spacial score (nSPS) is 19.0. The number of hydrogen-bond acceptors (Lipinski definition) is 4. The molecule has 112 valence electrons. The van der Waals surface area contributed by atoms with Gasteiger partial charge in [-0.25, -0.2) is 0 Å². The molecule has 2 aromatic rings. The van der Waals surface area contributed by atoms with Crippen molar-refractivity contribution in [2.75, 3.05) is 39.8 Å². The van der Waals surface area contributed by atoms with Crippen LogP contribution in [0.25, 0.3) is 10.8 Å². The fourth-order valence-corrected chi connectivity index (χ4v) is 3.22. The third-order valence-electron chi connectivity index (χ3n) is 4.48. The van der Waals surface area contributed by atoms with Gasteiger partial charge in [-0.05, 0) is 23.9 Å². The Morgan fingerprint density at radius 3 is 2.52 bits per heavy atom. The van der Waals surface area contributed by atoms with Gasteiger partial charge >= 0.3 is 0 Å². The predicted molar refractivity (Wildman–Crippen MR) is 86.5 cm³/mol. The standard InChI is InChI=1S/C17H23N3O/c1-19-8-10-20(11-9-19)15(12-18)17-14-5-3-2-4-13(14)6-7-16(17)21/h2-7,15,21H,8-12,18H2,1H3. The smallest absolute Gasteiger partial charge is 0.121 e. The molecule has 4 heteroatoms. The van der Waals surface area contributed by atoms with Gasteiger partial charge in [-0.15, -0.1) is 0 Å². The SMILES string of the molecule is CN1CCN(C(CN)c2c(O)ccc3ccccc23)CC1. The first-order chi connectivity index (χ1) is 10.2. The number of aromatic hydroxyl groups is 1. The molecule has 2 aromatic carbocycles. The van der Waals surface area contributed by atoms with Crippen LogP contribution in [0.4, 0.5) is 0 Å². The van der Waals surface area contributed by atoms with E-state index in [4.69, 9.17) is 5.73 Å². The summed E-state index contributed by atoms with van der Waals surface area (Å²) in [5, 5.41) is 12.7. The lowest BCUT2D eigenvalue weighted by molar-refractivity contribution is 0.114. The van der Waals surface area contributed by atoms with Gasteiger partial charge in [-0.3, -0.25) is 4.90 Å². The largest absolute Gasteiger partial charge is 0.508 e. The molecule has 1 fully saturated rings. The van der Waals surface area contributed by atoms with Crippen LogP contribution in [0.3, 0.4) is 0 Å². The zero-order chi connectivity index (χ0) is 14.8. The van der Waals surface area contributed by atoms with Crippen molar-refractivity contribution in [1.82, 2.24) is 9.80 Å². The molecule has 3 N–H and O–H groups in total. The van der Waals surface area contributed by atoms with Crippen LogP contribution in [0.1, 0.15) is 11.6 Å². The third-order valence-corrected chi connectivity index (χ3v) is 4.48. The van der Waals surface area contributed by atoms with Gasteiger partial charge in [0.15, 0.2) is 0 Å². The molecular formula is C17H23N3O. The summed E-state index contributed by atoms with van der Waals surface area (Å²) in [6.07, 6.45) is 0. The Hall–Kier alpha value is -1.62. The number of nitrogens with two attached hydrogens (primary N) is 1. The molecule has 0 bridgehead atoms. The number of phenols is 1. The summed E-state index contributed by atoms with van der Waals surface area (Å²) in [5.41, 5.74) is 7.04. The second-order valence-electron chi connectivity index (χ2n) is 5.81. The number of rotatable bonds is 3. The van der Waals surface area contributed by atoms with Crippen LogP contribution in [0.5, 0.6) is 5.75 Å². The van der Waals surface area contributed by atoms with Crippen molar-refractivity contribution >= 4 is 10.8 Å². The van der Waals surface area contributed by atoms with Crippen LogP contribution in [-0.2, 0) is 0 Å². The molecule has 0 aromatic heterocycles. The first-order valence-electron chi connectivity index (χ1n) is 7.54. The van der Waals surface area contributed by atoms with E-state index in [1.807, 2.05) is 18.2 Å². The zero-order valence-corrected chi connectivity index (χ0v) is 12.5. The van der Waals surface area contributed by atoms with E-state index < -0.39 is 0 Å². The molecule has 0 radical (unpaired) electrons. The maximum absolute atomic E-state index is 10.4. The molecule has 1 aliphatic rings. The third kappa shape index (κ3) is 2.75. The molecule has 0 amide bonds. The van der Waals surface area contributed by atoms with Crippen LogP contribution >= 0.6 is 0 Å². The minimum Gasteiger partial charge on any atom is -0.508 e. The topological polar surface area (TPSA) is 52.7 Å². The van der Waals surface area contributed by atoms with Gasteiger partial charge in [-0.2, -0.15) is 0 Å². The van der Waals surface area contributed by atoms with E-state index in [0.29, 0.717) is 12.3 Å². The number of phenolic OH excluding ortho intramolecular Hbond substituents is 1. The Bertz CT molecular complexity index is 620. The molecule has 1 unspecified atom stereocenters. The summed E-state index contributed by atoms with van der Waals surface area (Å²) < 4.78 is 0. The predicted octanol–water partition coefficient (Wildman–Crippen LogP) is 1.79. The summed E-state index contributed by atoms with van der Waals surface area (Å²) in [6.45, 7) is 4.58. The first-order valence-corrected chi connectivity index (χ1v) is 7.54. The van der Waals surface area contributed by atoms with Gasteiger partial charge in [0, 0.05) is 38.3 Å². The molecule has 0 spiro atoms. The van der Waals surface area contributed by atoms with Crippen molar-refractivity contribution in [1.29, 1.82) is 0 Å². The van der Waals surface area contributed by atoms with E-state index in [-0.39, 0.29) is 6.04 Å². The highest BCUT2D eigenvalue weighted by atomic mass is 16.3. The highest BCUT2D eigenvalue weighted by molar-refractivity contribution is 5.88. The Morgan fingerprint density at radius 1 is 1.10 bits per heavy atom. The van der Waals surface area contributed by atoms with E-state index >= 15 is 0 Å². The molecule has 4 nitrogen and oxygen atoms in total. The second kappa shape index (κ2) is 6.02. The maximum Gasteiger partial charge on any atom is 0.121 e. The average Bonchev–Trinajstić information content (AvgIpc) is 2.52. The van der Waals surface area contributed by atoms with Gasteiger partial charge in [0.1, 0.15) is 5.75 Å². The van der Waals surface area contributed by atoms with Gasteiger partial charge in [0.05, 0.1) is 6.04 Å². The lowest BCUT2D eigenvalue weighted by Crippen LogP contribution is -2.47. The quantitative estimate of drug-likeness (QED) is 0.903. The van der Waals surface area contributed by atoms with Crippen molar-refractivity contribution < 1.29 is 5.11 Å². The van der Waals surface area contributed by atoms with Crippen molar-refractivity contribution in [2.45, 2.75) is 6.04 Å². The fourth-order valence-electron chi connectivity index (χ4n) is 3.22. The highest BCUT2D eigenvalue weighted by Gasteiger charge is 2.26. The zero-order valence-electron chi connectivity index (χ0n) is 12.5. The Balaban J connectivity index is 2.02. The van der Waals surface area contributed by atoms with E-state index in [9.17, 15) is 5.11 Å². The van der Waals surface area contributed by atoms with Crippen molar-refractivity contribution in [2.24, 2.45) is 5.73 Å². The van der Waals surface area contributed by atoms with Crippen LogP contribution in [0, 0.1) is 0 Å². The Labute approximate surface area is 125 Å². The van der Waals surface area contributed by atoms with Crippen LogP contribution < -0.4 is 5.73 Å². The Morgan fingerprint density at radius 2 is 1.81 bits per heavy atom. The van der Waals surface area contributed by atoms with Gasteiger partial charge in [0.25, 0.3) is 0 Å². The van der Waals surface area contributed by atoms with Crippen LogP contribution in [-0.4, -0.2) is 54.7 Å². The number of nitrogens with zero attached hydrogens (tertiary/aromatic N) is 2. The molecule has 1 aliphatic heterocycles. The number of fused-ring (bicyclic) bond motifs is 1. The minimum absolute atomic E-state index is 0.0739. The number of likely N-dealkylation sites (N-methyl/N-ethyl adjacent to an activating group) is 1. The number of benzene rings is 2. The van der Waals surface area contributed by atoms with Gasteiger partial charge in [0.2, 0.25) is 0 Å². The Kier molecular flexibility index (Phi) is 4.10. The van der Waals surface area contributed by atoms with Crippen LogP contribution in [0.15, 0.2) is 36.4 Å². The van der Waals surface area contributed by atoms with Gasteiger partial charge < -0.3 is 15.7 Å². The molecule has 3 rings (SSSR count). The lowest BCUT2D eigenvalue weighted by atomic mass is 9.96. The summed E-state index contributed by atoms with van der Waals surface area (Å²) in [6, 6.07) is 12.0. The maximum atomic E-state index is 10.4. The summed E-state index contributed by atoms with van der Waals surface area (Å²) >= 11 is 0. The summed E-state index contributed by atoms with van der Waals surface area (Å²) in [7, 11) is 2.14. The van der Waals surface area contributed by atoms with Crippen molar-refractivity contribution in [3.8, 4) is 5.75 Å². The van der Waals surface area contributed by atoms with Crippen molar-refractivity contribution in [3.05, 3.63) is 42.0 Å². The minimum atomic E-state index is 0.0739. The molecule has 1 heterocycles. The molecule has 0 saturated carbocycles. The average molecular weight is 285 g/mol. The van der Waals surface area contributed by atoms with Crippen LogP contribution in [0.2, 0.25) is 0 Å². The first kappa shape index (κ1) is 14.3. The van der Waals surface area contributed by atoms with E-state index in [0.717, 1.165) is 42.5 Å². The lowest BCUT2D eigenvalue weighted by Gasteiger charge is -2.38. The molecule has 1 atom stereocenters. The summed E-state index contributed by atoms with van der Waals surface area (Å²) in [5.74, 6) is 0.350. The van der Waals surface area contributed by atoms with E-state index in [1.54, 1.807) is 6.07 Å². The fraction of sp³-hybridized carbons (Fsp3) is 0.412. The molecule has 21 heavy (non-hydrogen) atoms. The molecular weight excluding hydrogens is 262 g/mol. The second-order valence-corrected chi connectivity index (χ2v) is 5.81. The summed E-state index contributed by atoms with van der Waals surface area (Å²) in [4.78, 5) is 4.72. The monoisotopic (exact) mass is 285 g/mol. The molecule has 0 aliphatic carbocycles. The number of hydrogen-bond donors (Lipinski definition) is 2. The van der Waals surface area contributed by atoms with E-state index in [2.05, 4.69) is 29.0 Å². The van der Waals surface area contributed by atoms with Gasteiger partial charge in [-0.1, -0.05) is 30.3 Å². The highest BCUT2D eigenvalue weighted by Crippen LogP contribution is 2.35. The molecule has 1 saturated heterocycles.